The van der Waals surface area contributed by atoms with E-state index in [1.807, 2.05) is 20.8 Å². The van der Waals surface area contributed by atoms with Gasteiger partial charge in [0.15, 0.2) is 5.78 Å². The summed E-state index contributed by atoms with van der Waals surface area (Å²) in [6, 6.07) is 5.17. The Morgan fingerprint density at radius 2 is 1.84 bits per heavy atom. The summed E-state index contributed by atoms with van der Waals surface area (Å²) in [6.07, 6.45) is 2.08. The first-order chi connectivity index (χ1) is 15.1. The van der Waals surface area contributed by atoms with Crippen molar-refractivity contribution in [1.29, 1.82) is 0 Å². The van der Waals surface area contributed by atoms with Crippen LogP contribution in [0.4, 0.5) is 0 Å². The number of hydrogen-bond donors (Lipinski definition) is 5. The van der Waals surface area contributed by atoms with Crippen LogP contribution in [0, 0.1) is 11.8 Å². The Kier molecular flexibility index (Phi) is 6.99. The molecule has 32 heavy (non-hydrogen) atoms. The quantitative estimate of drug-likeness (QED) is 0.403. The minimum absolute atomic E-state index is 0.00457. The third-order valence-electron chi connectivity index (χ3n) is 6.00. The molecule has 0 radical (unpaired) electrons. The van der Waals surface area contributed by atoms with Crippen LogP contribution in [0.15, 0.2) is 35.9 Å². The van der Waals surface area contributed by atoms with Gasteiger partial charge in [-0.05, 0) is 50.7 Å². The molecule has 0 unspecified atom stereocenters. The van der Waals surface area contributed by atoms with Gasteiger partial charge in [-0.1, -0.05) is 18.6 Å². The van der Waals surface area contributed by atoms with Gasteiger partial charge in [-0.3, -0.25) is 4.79 Å². The highest BCUT2D eigenvalue weighted by molar-refractivity contribution is 6.03. The molecule has 0 aromatic heterocycles. The average Bonchev–Trinajstić information content (AvgIpc) is 2.71. The van der Waals surface area contributed by atoms with E-state index in [9.17, 15) is 30.3 Å². The van der Waals surface area contributed by atoms with Gasteiger partial charge in [-0.25, -0.2) is 0 Å². The molecule has 3 rings (SSSR count). The van der Waals surface area contributed by atoms with Gasteiger partial charge in [0.1, 0.15) is 40.4 Å². The number of ketones is 1. The number of rotatable bonds is 7. The Labute approximate surface area is 187 Å². The van der Waals surface area contributed by atoms with Gasteiger partial charge in [0.25, 0.3) is 0 Å². The highest BCUT2D eigenvalue weighted by Crippen LogP contribution is 2.47. The van der Waals surface area contributed by atoms with E-state index in [2.05, 4.69) is 6.08 Å². The lowest BCUT2D eigenvalue weighted by atomic mass is 9.83. The van der Waals surface area contributed by atoms with E-state index >= 15 is 0 Å². The summed E-state index contributed by atoms with van der Waals surface area (Å²) in [4.78, 5) is 12.9. The SMILES string of the molecule is CC(C)=CC[C@H](Cc1c(O)cc(O)c2c1O[C@H](c1ccc(O)cc1O)CC2=O)[C@H](C)CO. The van der Waals surface area contributed by atoms with Crippen LogP contribution < -0.4 is 4.74 Å². The number of hydrogen-bond acceptors (Lipinski definition) is 7. The predicted octanol–water partition coefficient (Wildman–Crippen LogP) is 4.36. The number of carbonyl (C=O) groups is 1. The number of carbonyl (C=O) groups excluding carboxylic acids is 1. The number of benzene rings is 2. The van der Waals surface area contributed by atoms with Crippen molar-refractivity contribution in [2.75, 3.05) is 6.61 Å². The van der Waals surface area contributed by atoms with E-state index in [-0.39, 0.29) is 65.0 Å². The molecule has 0 amide bonds. The molecule has 7 heteroatoms. The van der Waals surface area contributed by atoms with E-state index in [1.165, 1.54) is 12.1 Å². The first-order valence-corrected chi connectivity index (χ1v) is 10.7. The molecule has 172 valence electrons. The van der Waals surface area contributed by atoms with Crippen molar-refractivity contribution in [3.05, 3.63) is 52.6 Å². The van der Waals surface area contributed by atoms with Crippen molar-refractivity contribution < 1.29 is 35.1 Å². The number of Topliss-reactive ketones (excluding diaryl/α,β-unsaturated/α-hetero) is 1. The first-order valence-electron chi connectivity index (χ1n) is 10.7. The summed E-state index contributed by atoms with van der Waals surface area (Å²) in [5.74, 6) is -1.31. The third kappa shape index (κ3) is 4.83. The van der Waals surface area contributed by atoms with Crippen molar-refractivity contribution in [2.24, 2.45) is 11.8 Å². The molecule has 0 fully saturated rings. The average molecular weight is 443 g/mol. The van der Waals surface area contributed by atoms with Crippen molar-refractivity contribution >= 4 is 5.78 Å². The third-order valence-corrected chi connectivity index (χ3v) is 6.00. The van der Waals surface area contributed by atoms with Gasteiger partial charge in [-0.2, -0.15) is 0 Å². The Hall–Kier alpha value is -3.19. The monoisotopic (exact) mass is 442 g/mol. The molecule has 5 N–H and O–H groups in total. The van der Waals surface area contributed by atoms with Crippen LogP contribution in [-0.4, -0.2) is 37.9 Å². The number of aromatic hydroxyl groups is 4. The number of phenols is 4. The summed E-state index contributed by atoms with van der Waals surface area (Å²) < 4.78 is 6.08. The molecule has 3 atom stereocenters. The Bertz CT molecular complexity index is 1040. The minimum atomic E-state index is -0.845. The van der Waals surface area contributed by atoms with Crippen LogP contribution in [0.25, 0.3) is 0 Å². The molecule has 1 heterocycles. The van der Waals surface area contributed by atoms with Gasteiger partial charge in [0, 0.05) is 29.9 Å². The van der Waals surface area contributed by atoms with Crippen molar-refractivity contribution in [1.82, 2.24) is 0 Å². The van der Waals surface area contributed by atoms with Crippen LogP contribution in [0.1, 0.15) is 61.2 Å². The molecule has 0 bridgehead atoms. The fraction of sp³-hybridized carbons (Fsp3) is 0.400. The van der Waals surface area contributed by atoms with Gasteiger partial charge in [0.05, 0.1) is 6.42 Å². The topological polar surface area (TPSA) is 127 Å². The fourth-order valence-corrected chi connectivity index (χ4v) is 4.02. The molecule has 0 saturated carbocycles. The maximum Gasteiger partial charge on any atom is 0.174 e. The second-order valence-electron chi connectivity index (χ2n) is 8.72. The molecule has 2 aromatic rings. The molecule has 2 aromatic carbocycles. The molecule has 1 aliphatic heterocycles. The van der Waals surface area contributed by atoms with E-state index < -0.39 is 6.10 Å². The molecule has 0 saturated heterocycles. The highest BCUT2D eigenvalue weighted by atomic mass is 16.5. The van der Waals surface area contributed by atoms with Crippen LogP contribution >= 0.6 is 0 Å². The predicted molar refractivity (Wildman–Crippen MR) is 119 cm³/mol. The normalized spacial score (nSPS) is 17.2. The van der Waals surface area contributed by atoms with E-state index in [4.69, 9.17) is 4.74 Å². The zero-order valence-corrected chi connectivity index (χ0v) is 18.5. The number of ether oxygens (including phenoxy) is 1. The summed E-state index contributed by atoms with van der Waals surface area (Å²) >= 11 is 0. The van der Waals surface area contributed by atoms with E-state index in [0.29, 0.717) is 24.0 Å². The summed E-state index contributed by atoms with van der Waals surface area (Å²) in [5.41, 5.74) is 1.83. The second kappa shape index (κ2) is 9.53. The van der Waals surface area contributed by atoms with Crippen LogP contribution in [0.3, 0.4) is 0 Å². The van der Waals surface area contributed by atoms with Crippen molar-refractivity contribution in [2.45, 2.75) is 46.1 Å². The summed E-state index contributed by atoms with van der Waals surface area (Å²) in [6.45, 7) is 5.84. The Balaban J connectivity index is 2.05. The number of fused-ring (bicyclic) bond motifs is 1. The summed E-state index contributed by atoms with van der Waals surface area (Å²) in [5, 5.41) is 50.5. The lowest BCUT2D eigenvalue weighted by Gasteiger charge is -2.30. The zero-order chi connectivity index (χ0) is 23.6. The smallest absolute Gasteiger partial charge is 0.174 e. The number of aliphatic hydroxyl groups is 1. The van der Waals surface area contributed by atoms with Crippen LogP contribution in [-0.2, 0) is 6.42 Å². The number of phenolic OH excluding ortho intramolecular Hbond substituents is 4. The standard InChI is InChI=1S/C25H30O7/c1-13(2)4-5-15(14(3)12-26)8-18-20(29)10-21(30)24-22(31)11-23(32-25(18)24)17-7-6-16(27)9-19(17)28/h4,6-7,9-10,14-15,23,26-30H,5,8,11-12H2,1-3H3/t14-,15-,23+/m1/s1. The van der Waals surface area contributed by atoms with E-state index in [0.717, 1.165) is 17.7 Å². The number of aliphatic hydroxyl groups excluding tert-OH is 1. The largest absolute Gasteiger partial charge is 0.508 e. The molecular weight excluding hydrogens is 412 g/mol. The lowest BCUT2D eigenvalue weighted by Crippen LogP contribution is -2.23. The van der Waals surface area contributed by atoms with Gasteiger partial charge >= 0.3 is 0 Å². The summed E-state index contributed by atoms with van der Waals surface area (Å²) in [7, 11) is 0. The molecule has 0 aliphatic carbocycles. The maximum atomic E-state index is 12.9. The van der Waals surface area contributed by atoms with Gasteiger partial charge in [-0.15, -0.1) is 0 Å². The van der Waals surface area contributed by atoms with Crippen molar-refractivity contribution in [3.63, 3.8) is 0 Å². The second-order valence-corrected chi connectivity index (χ2v) is 8.72. The molecule has 0 spiro atoms. The van der Waals surface area contributed by atoms with Crippen LogP contribution in [0.2, 0.25) is 0 Å². The van der Waals surface area contributed by atoms with E-state index in [1.54, 1.807) is 0 Å². The Morgan fingerprint density at radius 1 is 1.12 bits per heavy atom. The Morgan fingerprint density at radius 3 is 2.47 bits per heavy atom. The first kappa shape index (κ1) is 23.5. The lowest BCUT2D eigenvalue weighted by molar-refractivity contribution is 0.0837. The fourth-order valence-electron chi connectivity index (χ4n) is 4.02. The number of allylic oxidation sites excluding steroid dienone is 2. The molecule has 1 aliphatic rings. The van der Waals surface area contributed by atoms with Gasteiger partial charge in [0.2, 0.25) is 0 Å². The zero-order valence-electron chi connectivity index (χ0n) is 18.5. The van der Waals surface area contributed by atoms with Crippen LogP contribution in [0.5, 0.6) is 28.7 Å². The van der Waals surface area contributed by atoms with Gasteiger partial charge < -0.3 is 30.3 Å². The minimum Gasteiger partial charge on any atom is -0.508 e. The highest BCUT2D eigenvalue weighted by Gasteiger charge is 2.35. The van der Waals surface area contributed by atoms with Crippen molar-refractivity contribution in [3.8, 4) is 28.7 Å². The molecular formula is C25H30O7. The molecule has 7 nitrogen and oxygen atoms in total. The maximum absolute atomic E-state index is 12.9.